The van der Waals surface area contributed by atoms with Crippen molar-refractivity contribution in [3.8, 4) is 0 Å². The van der Waals surface area contributed by atoms with Gasteiger partial charge >= 0.3 is 0 Å². The highest BCUT2D eigenvalue weighted by Crippen LogP contribution is 2.15. The van der Waals surface area contributed by atoms with Crippen molar-refractivity contribution in [2.45, 2.75) is 25.3 Å². The van der Waals surface area contributed by atoms with Crippen molar-refractivity contribution in [1.82, 2.24) is 5.32 Å². The molecule has 1 aromatic rings. The minimum Gasteiger partial charge on any atom is -0.381 e. The minimum atomic E-state index is -0.0271. The summed E-state index contributed by atoms with van der Waals surface area (Å²) in [7, 11) is 0. The molecule has 4 heteroatoms. The van der Waals surface area contributed by atoms with Gasteiger partial charge in [-0.3, -0.25) is 4.79 Å². The fourth-order valence-corrected chi connectivity index (χ4v) is 2.31. The first-order valence-electron chi connectivity index (χ1n) is 6.24. The number of ether oxygens (including phenoxy) is 1. The Labute approximate surface area is 112 Å². The molecule has 1 heterocycles. The fraction of sp³-hybridized carbons (Fsp3) is 0.500. The van der Waals surface area contributed by atoms with Gasteiger partial charge in [-0.25, -0.2) is 0 Å². The first kappa shape index (κ1) is 13.4. The lowest BCUT2D eigenvalue weighted by molar-refractivity contribution is 0.0375. The normalized spacial score (nSPS) is 23.7. The van der Waals surface area contributed by atoms with Gasteiger partial charge in [0.15, 0.2) is 0 Å². The Balaban J connectivity index is 2.02. The van der Waals surface area contributed by atoms with Gasteiger partial charge in [0.2, 0.25) is 0 Å². The van der Waals surface area contributed by atoms with Gasteiger partial charge in [-0.1, -0.05) is 19.1 Å². The van der Waals surface area contributed by atoms with Crippen LogP contribution in [-0.4, -0.2) is 25.2 Å². The largest absolute Gasteiger partial charge is 0.381 e. The van der Waals surface area contributed by atoms with Gasteiger partial charge in [-0.15, -0.1) is 11.6 Å². The monoisotopic (exact) mass is 267 g/mol. The van der Waals surface area contributed by atoms with Crippen LogP contribution in [-0.2, 0) is 10.6 Å². The summed E-state index contributed by atoms with van der Waals surface area (Å²) >= 11 is 5.77. The van der Waals surface area contributed by atoms with Crippen molar-refractivity contribution >= 4 is 17.5 Å². The Bertz CT molecular complexity index is 422. The van der Waals surface area contributed by atoms with Crippen LogP contribution in [0.1, 0.15) is 29.3 Å². The zero-order valence-corrected chi connectivity index (χ0v) is 11.2. The molecule has 98 valence electrons. The standard InChI is InChI=1S/C14H18ClNO2/c1-10-9-18-6-5-13(10)16-14(17)12-4-2-3-11(7-12)8-15/h2-4,7,10,13H,5-6,8-9H2,1H3,(H,16,17). The molecular weight excluding hydrogens is 250 g/mol. The molecule has 1 fully saturated rings. The van der Waals surface area contributed by atoms with E-state index < -0.39 is 0 Å². The summed E-state index contributed by atoms with van der Waals surface area (Å²) in [5.41, 5.74) is 1.64. The smallest absolute Gasteiger partial charge is 0.251 e. The average Bonchev–Trinajstić information content (AvgIpc) is 2.41. The van der Waals surface area contributed by atoms with Gasteiger partial charge in [0.1, 0.15) is 0 Å². The van der Waals surface area contributed by atoms with Crippen molar-refractivity contribution in [3.05, 3.63) is 35.4 Å². The third kappa shape index (κ3) is 3.24. The van der Waals surface area contributed by atoms with E-state index in [9.17, 15) is 4.79 Å². The van der Waals surface area contributed by atoms with E-state index >= 15 is 0 Å². The van der Waals surface area contributed by atoms with E-state index in [2.05, 4.69) is 12.2 Å². The van der Waals surface area contributed by atoms with Crippen LogP contribution < -0.4 is 5.32 Å². The highest BCUT2D eigenvalue weighted by Gasteiger charge is 2.23. The Hall–Kier alpha value is -1.06. The van der Waals surface area contributed by atoms with Crippen molar-refractivity contribution in [3.63, 3.8) is 0 Å². The second-order valence-corrected chi connectivity index (χ2v) is 5.02. The maximum absolute atomic E-state index is 12.1. The van der Waals surface area contributed by atoms with Crippen LogP contribution >= 0.6 is 11.6 Å². The van der Waals surface area contributed by atoms with E-state index in [1.54, 1.807) is 0 Å². The lowest BCUT2D eigenvalue weighted by Crippen LogP contribution is -2.44. The molecule has 0 saturated carbocycles. The van der Waals surface area contributed by atoms with Crippen molar-refractivity contribution < 1.29 is 9.53 Å². The molecule has 18 heavy (non-hydrogen) atoms. The van der Waals surface area contributed by atoms with Gasteiger partial charge in [-0.05, 0) is 30.0 Å². The zero-order chi connectivity index (χ0) is 13.0. The number of alkyl halides is 1. The number of amides is 1. The molecule has 0 spiro atoms. The van der Waals surface area contributed by atoms with E-state index in [4.69, 9.17) is 16.3 Å². The second-order valence-electron chi connectivity index (χ2n) is 4.75. The lowest BCUT2D eigenvalue weighted by Gasteiger charge is -2.29. The number of carbonyl (C=O) groups is 1. The Kier molecular flexibility index (Phi) is 4.61. The summed E-state index contributed by atoms with van der Waals surface area (Å²) in [5.74, 6) is 0.758. The summed E-state index contributed by atoms with van der Waals surface area (Å²) in [6.45, 7) is 3.53. The van der Waals surface area contributed by atoms with Crippen LogP contribution in [0.3, 0.4) is 0 Å². The Morgan fingerprint density at radius 3 is 3.11 bits per heavy atom. The highest BCUT2D eigenvalue weighted by molar-refractivity contribution is 6.17. The SMILES string of the molecule is CC1COCCC1NC(=O)c1cccc(CCl)c1. The molecule has 1 aliphatic rings. The minimum absolute atomic E-state index is 0.0271. The molecule has 1 amide bonds. The quantitative estimate of drug-likeness (QED) is 0.855. The average molecular weight is 268 g/mol. The van der Waals surface area contributed by atoms with E-state index in [-0.39, 0.29) is 11.9 Å². The van der Waals surface area contributed by atoms with Gasteiger partial charge < -0.3 is 10.1 Å². The van der Waals surface area contributed by atoms with Gasteiger partial charge in [0.05, 0.1) is 6.61 Å². The summed E-state index contributed by atoms with van der Waals surface area (Å²) in [5, 5.41) is 3.07. The number of benzene rings is 1. The molecule has 3 nitrogen and oxygen atoms in total. The number of nitrogens with one attached hydrogen (secondary N) is 1. The molecule has 0 aromatic heterocycles. The van der Waals surface area contributed by atoms with E-state index in [1.165, 1.54) is 0 Å². The molecule has 2 unspecified atom stereocenters. The molecule has 0 bridgehead atoms. The fourth-order valence-electron chi connectivity index (χ4n) is 2.14. The number of halogens is 1. The first-order chi connectivity index (χ1) is 8.70. The summed E-state index contributed by atoms with van der Waals surface area (Å²) in [6, 6.07) is 7.63. The van der Waals surface area contributed by atoms with E-state index in [1.807, 2.05) is 24.3 Å². The van der Waals surface area contributed by atoms with Crippen LogP contribution in [0.25, 0.3) is 0 Å². The predicted octanol–water partition coefficient (Wildman–Crippen LogP) is 2.58. The van der Waals surface area contributed by atoms with Gasteiger partial charge in [-0.2, -0.15) is 0 Å². The van der Waals surface area contributed by atoms with Crippen molar-refractivity contribution in [2.75, 3.05) is 13.2 Å². The number of carbonyl (C=O) groups excluding carboxylic acids is 1. The lowest BCUT2D eigenvalue weighted by atomic mass is 9.97. The maximum atomic E-state index is 12.1. The zero-order valence-electron chi connectivity index (χ0n) is 10.5. The van der Waals surface area contributed by atoms with Crippen LogP contribution in [0.4, 0.5) is 0 Å². The van der Waals surface area contributed by atoms with Crippen molar-refractivity contribution in [1.29, 1.82) is 0 Å². The molecule has 1 aromatic carbocycles. The van der Waals surface area contributed by atoms with E-state index in [0.29, 0.717) is 24.0 Å². The maximum Gasteiger partial charge on any atom is 0.251 e. The third-order valence-electron chi connectivity index (χ3n) is 3.30. The first-order valence-corrected chi connectivity index (χ1v) is 6.77. The molecule has 2 rings (SSSR count). The summed E-state index contributed by atoms with van der Waals surface area (Å²) in [6.07, 6.45) is 0.877. The van der Waals surface area contributed by atoms with Gasteiger partial charge in [0.25, 0.3) is 5.91 Å². The number of hydrogen-bond donors (Lipinski definition) is 1. The summed E-state index contributed by atoms with van der Waals surface area (Å²) in [4.78, 5) is 12.1. The van der Waals surface area contributed by atoms with Crippen LogP contribution in [0, 0.1) is 5.92 Å². The second kappa shape index (κ2) is 6.21. The van der Waals surface area contributed by atoms with Crippen LogP contribution in [0.5, 0.6) is 0 Å². The van der Waals surface area contributed by atoms with Crippen LogP contribution in [0.2, 0.25) is 0 Å². The molecular formula is C14H18ClNO2. The van der Waals surface area contributed by atoms with Crippen molar-refractivity contribution in [2.24, 2.45) is 5.92 Å². The predicted molar refractivity (Wildman–Crippen MR) is 71.9 cm³/mol. The topological polar surface area (TPSA) is 38.3 Å². The number of hydrogen-bond acceptors (Lipinski definition) is 2. The molecule has 2 atom stereocenters. The molecule has 0 radical (unpaired) electrons. The Morgan fingerprint density at radius 2 is 2.39 bits per heavy atom. The van der Waals surface area contributed by atoms with Gasteiger partial charge in [0, 0.05) is 24.1 Å². The van der Waals surface area contributed by atoms with E-state index in [0.717, 1.165) is 18.6 Å². The molecule has 1 saturated heterocycles. The molecule has 1 N–H and O–H groups in total. The highest BCUT2D eigenvalue weighted by atomic mass is 35.5. The Morgan fingerprint density at radius 1 is 1.56 bits per heavy atom. The molecule has 0 aliphatic carbocycles. The van der Waals surface area contributed by atoms with Crippen LogP contribution in [0.15, 0.2) is 24.3 Å². The number of rotatable bonds is 3. The molecule has 1 aliphatic heterocycles. The third-order valence-corrected chi connectivity index (χ3v) is 3.61. The summed E-state index contributed by atoms with van der Waals surface area (Å²) < 4.78 is 5.37.